The minimum atomic E-state index is -0.649. The van der Waals surface area contributed by atoms with Crippen molar-refractivity contribution in [3.05, 3.63) is 45.3 Å². The molecule has 0 bridgehead atoms. The minimum Gasteiger partial charge on any atom is -0.481 e. The number of amides is 2. The first-order valence-corrected chi connectivity index (χ1v) is 11.8. The second kappa shape index (κ2) is 9.03. The van der Waals surface area contributed by atoms with Crippen LogP contribution in [0, 0.1) is 25.2 Å². The molecule has 168 valence electrons. The van der Waals surface area contributed by atoms with Gasteiger partial charge in [0, 0.05) is 4.88 Å². The second-order valence-corrected chi connectivity index (χ2v) is 10.7. The lowest BCUT2D eigenvalue weighted by molar-refractivity contribution is -0.122. The van der Waals surface area contributed by atoms with E-state index in [2.05, 4.69) is 26.1 Å². The average Bonchev–Trinajstić information content (AvgIpc) is 3.05. The zero-order chi connectivity index (χ0) is 22.9. The minimum absolute atomic E-state index is 0.200. The van der Waals surface area contributed by atoms with Crippen molar-refractivity contribution in [3.63, 3.8) is 0 Å². The van der Waals surface area contributed by atoms with Crippen LogP contribution in [0.2, 0.25) is 0 Å². The number of primary amides is 1. The summed E-state index contributed by atoms with van der Waals surface area (Å²) in [6, 6.07) is 5.81. The van der Waals surface area contributed by atoms with Crippen molar-refractivity contribution in [3.8, 4) is 5.75 Å². The molecule has 1 aromatic carbocycles. The fourth-order valence-electron chi connectivity index (χ4n) is 4.14. The van der Waals surface area contributed by atoms with E-state index in [9.17, 15) is 9.59 Å². The predicted octanol–water partition coefficient (Wildman–Crippen LogP) is 5.41. The van der Waals surface area contributed by atoms with Crippen LogP contribution in [0.5, 0.6) is 5.75 Å². The molecule has 1 aromatic heterocycles. The maximum absolute atomic E-state index is 13.0. The van der Waals surface area contributed by atoms with Gasteiger partial charge in [-0.2, -0.15) is 0 Å². The van der Waals surface area contributed by atoms with Gasteiger partial charge in [-0.15, -0.1) is 11.3 Å². The fourth-order valence-corrected chi connectivity index (χ4v) is 5.48. The molecule has 2 aromatic rings. The topological polar surface area (TPSA) is 81.4 Å². The molecule has 6 heteroatoms. The molecule has 0 fully saturated rings. The normalized spacial score (nSPS) is 17.0. The molecule has 0 aliphatic heterocycles. The second-order valence-electron chi connectivity index (χ2n) is 9.63. The lowest BCUT2D eigenvalue weighted by Crippen LogP contribution is -2.33. The summed E-state index contributed by atoms with van der Waals surface area (Å²) in [6.07, 6.45) is 2.62. The van der Waals surface area contributed by atoms with Crippen LogP contribution in [0.3, 0.4) is 0 Å². The lowest BCUT2D eigenvalue weighted by atomic mass is 9.72. The van der Waals surface area contributed by atoms with Gasteiger partial charge in [-0.25, -0.2) is 0 Å². The molecule has 0 unspecified atom stereocenters. The smallest absolute Gasteiger partial charge is 0.266 e. The highest BCUT2D eigenvalue weighted by Gasteiger charge is 2.34. The molecular weight excluding hydrogens is 408 g/mol. The molecule has 3 rings (SSSR count). The zero-order valence-electron chi connectivity index (χ0n) is 19.4. The van der Waals surface area contributed by atoms with Crippen molar-refractivity contribution in [2.24, 2.45) is 17.1 Å². The quantitative estimate of drug-likeness (QED) is 0.627. The van der Waals surface area contributed by atoms with Crippen molar-refractivity contribution < 1.29 is 14.3 Å². The van der Waals surface area contributed by atoms with E-state index in [1.807, 2.05) is 39.0 Å². The van der Waals surface area contributed by atoms with Crippen LogP contribution in [0.25, 0.3) is 0 Å². The van der Waals surface area contributed by atoms with E-state index in [0.717, 1.165) is 30.4 Å². The van der Waals surface area contributed by atoms with Crippen molar-refractivity contribution in [1.82, 2.24) is 0 Å². The molecule has 1 aliphatic rings. The molecular formula is C25H34N2O3S. The summed E-state index contributed by atoms with van der Waals surface area (Å²) in [5, 5.41) is 3.51. The molecule has 5 nitrogen and oxygen atoms in total. The lowest BCUT2D eigenvalue weighted by Gasteiger charge is -2.33. The first-order chi connectivity index (χ1) is 14.5. The first kappa shape index (κ1) is 23.3. The first-order valence-electron chi connectivity index (χ1n) is 11.0. The average molecular weight is 443 g/mol. The number of nitrogens with two attached hydrogens (primary N) is 1. The van der Waals surface area contributed by atoms with Crippen LogP contribution in [-0.4, -0.2) is 17.9 Å². The van der Waals surface area contributed by atoms with Gasteiger partial charge in [0.05, 0.1) is 5.56 Å². The number of thiophene rings is 1. The number of fused-ring (bicyclic) bond motifs is 1. The maximum atomic E-state index is 13.0. The van der Waals surface area contributed by atoms with Gasteiger partial charge in [-0.1, -0.05) is 33.8 Å². The summed E-state index contributed by atoms with van der Waals surface area (Å²) in [7, 11) is 0. The molecule has 3 N–H and O–H groups in total. The van der Waals surface area contributed by atoms with E-state index in [1.165, 1.54) is 21.8 Å². The highest BCUT2D eigenvalue weighted by Crippen LogP contribution is 2.44. The number of rotatable bonds is 6. The van der Waals surface area contributed by atoms with Crippen LogP contribution in [-0.2, 0) is 17.6 Å². The van der Waals surface area contributed by atoms with E-state index in [4.69, 9.17) is 10.5 Å². The Morgan fingerprint density at radius 3 is 2.55 bits per heavy atom. The van der Waals surface area contributed by atoms with E-state index < -0.39 is 12.0 Å². The van der Waals surface area contributed by atoms with E-state index in [1.54, 1.807) is 0 Å². The summed E-state index contributed by atoms with van der Waals surface area (Å²) >= 11 is 1.49. The van der Waals surface area contributed by atoms with Gasteiger partial charge in [-0.3, -0.25) is 9.59 Å². The third-order valence-corrected chi connectivity index (χ3v) is 7.56. The van der Waals surface area contributed by atoms with Crippen LogP contribution in [0.4, 0.5) is 5.00 Å². The summed E-state index contributed by atoms with van der Waals surface area (Å²) in [4.78, 5) is 26.5. The largest absolute Gasteiger partial charge is 0.481 e. The Kier molecular flexibility index (Phi) is 6.79. The zero-order valence-corrected chi connectivity index (χ0v) is 20.2. The molecule has 1 aliphatic carbocycles. The highest BCUT2D eigenvalue weighted by molar-refractivity contribution is 7.17. The number of carbonyl (C=O) groups is 2. The van der Waals surface area contributed by atoms with Gasteiger partial charge in [-0.05, 0) is 79.7 Å². The predicted molar refractivity (Wildman–Crippen MR) is 127 cm³/mol. The number of benzene rings is 1. The number of ether oxygens (including phenoxy) is 1. The number of hydrogen-bond acceptors (Lipinski definition) is 4. The van der Waals surface area contributed by atoms with Crippen LogP contribution in [0.15, 0.2) is 18.2 Å². The Morgan fingerprint density at radius 1 is 1.26 bits per heavy atom. The molecule has 0 spiro atoms. The van der Waals surface area contributed by atoms with Crippen molar-refractivity contribution in [2.45, 2.75) is 73.3 Å². The molecule has 0 saturated carbocycles. The Hall–Kier alpha value is -2.34. The van der Waals surface area contributed by atoms with Gasteiger partial charge >= 0.3 is 0 Å². The Labute approximate surface area is 189 Å². The van der Waals surface area contributed by atoms with E-state index in [0.29, 0.717) is 28.7 Å². The number of anilines is 1. The standard InChI is InChI=1S/C25H34N2O3S/c1-7-19(30-17-10-8-14(2)15(3)12-17)23(29)27-24-21(22(26)28)18-11-9-16(25(4,5)6)13-20(18)31-24/h8,10,12,16,19H,7,9,11,13H2,1-6H3,(H2,26,28)(H,27,29)/t16-,19+/m0/s1. The maximum Gasteiger partial charge on any atom is 0.266 e. The van der Waals surface area contributed by atoms with E-state index in [-0.39, 0.29) is 11.3 Å². The van der Waals surface area contributed by atoms with Gasteiger partial charge in [0.2, 0.25) is 0 Å². The molecule has 2 atom stereocenters. The Bertz CT molecular complexity index is 987. The van der Waals surface area contributed by atoms with Crippen LogP contribution < -0.4 is 15.8 Å². The van der Waals surface area contributed by atoms with Crippen molar-refractivity contribution >= 4 is 28.2 Å². The summed E-state index contributed by atoms with van der Waals surface area (Å²) in [5.74, 6) is 0.470. The number of carbonyl (C=O) groups excluding carboxylic acids is 2. The Balaban J connectivity index is 1.82. The molecule has 1 heterocycles. The summed E-state index contributed by atoms with van der Waals surface area (Å²) < 4.78 is 5.97. The third-order valence-electron chi connectivity index (χ3n) is 6.39. The SMILES string of the molecule is CC[C@@H](Oc1ccc(C)c(C)c1)C(=O)Nc1sc2c(c1C(N)=O)CC[C@H](C(C)(C)C)C2. The highest BCUT2D eigenvalue weighted by atomic mass is 32.1. The van der Waals surface area contributed by atoms with E-state index >= 15 is 0 Å². The summed E-state index contributed by atoms with van der Waals surface area (Å²) in [6.45, 7) is 12.7. The van der Waals surface area contributed by atoms with Crippen LogP contribution >= 0.6 is 11.3 Å². The summed E-state index contributed by atoms with van der Waals surface area (Å²) in [5.41, 5.74) is 9.70. The molecule has 31 heavy (non-hydrogen) atoms. The van der Waals surface area contributed by atoms with Gasteiger partial charge in [0.25, 0.3) is 11.8 Å². The Morgan fingerprint density at radius 2 is 1.97 bits per heavy atom. The molecule has 0 radical (unpaired) electrons. The molecule has 0 saturated heterocycles. The van der Waals surface area contributed by atoms with Gasteiger partial charge in [0.1, 0.15) is 10.8 Å². The third kappa shape index (κ3) is 5.12. The molecule has 2 amide bonds. The van der Waals surface area contributed by atoms with Gasteiger partial charge < -0.3 is 15.8 Å². The van der Waals surface area contributed by atoms with Crippen molar-refractivity contribution in [1.29, 1.82) is 0 Å². The number of hydrogen-bond donors (Lipinski definition) is 2. The van der Waals surface area contributed by atoms with Crippen LogP contribution in [0.1, 0.15) is 72.5 Å². The monoisotopic (exact) mass is 442 g/mol. The van der Waals surface area contributed by atoms with Crippen molar-refractivity contribution in [2.75, 3.05) is 5.32 Å². The van der Waals surface area contributed by atoms with Gasteiger partial charge in [0.15, 0.2) is 6.10 Å². The fraction of sp³-hybridized carbons (Fsp3) is 0.520. The number of nitrogens with one attached hydrogen (secondary N) is 1. The number of aryl methyl sites for hydroxylation is 2.